The largest absolute Gasteiger partial charge is 0.461 e. The van der Waals surface area contributed by atoms with Crippen LogP contribution in [0.3, 0.4) is 0 Å². The van der Waals surface area contributed by atoms with Crippen molar-refractivity contribution in [3.8, 4) is 0 Å². The van der Waals surface area contributed by atoms with E-state index >= 15 is 0 Å². The minimum Gasteiger partial charge on any atom is -0.461 e. The van der Waals surface area contributed by atoms with Gasteiger partial charge in [0.15, 0.2) is 0 Å². The molecule has 1 fully saturated rings. The van der Waals surface area contributed by atoms with Crippen molar-refractivity contribution in [2.75, 3.05) is 12.8 Å². The molecule has 0 aliphatic carbocycles. The van der Waals surface area contributed by atoms with Gasteiger partial charge in [-0.1, -0.05) is 42.5 Å². The summed E-state index contributed by atoms with van der Waals surface area (Å²) in [4.78, 5) is 27.7. The fourth-order valence-corrected chi connectivity index (χ4v) is 3.58. The van der Waals surface area contributed by atoms with Gasteiger partial charge in [0.25, 0.3) is 0 Å². The Labute approximate surface area is 158 Å². The first-order valence-corrected chi connectivity index (χ1v) is 9.95. The second-order valence-electron chi connectivity index (χ2n) is 6.49. The van der Waals surface area contributed by atoms with Gasteiger partial charge in [0, 0.05) is 17.9 Å². The summed E-state index contributed by atoms with van der Waals surface area (Å²) in [6.07, 6.45) is 2.25. The van der Waals surface area contributed by atoms with Gasteiger partial charge >= 0.3 is 5.97 Å². The first-order chi connectivity index (χ1) is 12.6. The number of thioether (sulfide) groups is 1. The van der Waals surface area contributed by atoms with Crippen molar-refractivity contribution in [1.29, 1.82) is 0 Å². The van der Waals surface area contributed by atoms with Crippen LogP contribution in [0.5, 0.6) is 0 Å². The average Bonchev–Trinajstić information content (AvgIpc) is 3.08. The van der Waals surface area contributed by atoms with E-state index in [2.05, 4.69) is 0 Å². The van der Waals surface area contributed by atoms with Crippen molar-refractivity contribution in [3.05, 3.63) is 65.7 Å². The maximum absolute atomic E-state index is 12.4. The Morgan fingerprint density at radius 3 is 2.54 bits per heavy atom. The monoisotopic (exact) mass is 369 g/mol. The Balaban J connectivity index is 1.56. The summed E-state index contributed by atoms with van der Waals surface area (Å²) in [6.45, 7) is 2.65. The van der Waals surface area contributed by atoms with E-state index in [9.17, 15) is 9.59 Å². The molecule has 3 rings (SSSR count). The van der Waals surface area contributed by atoms with Gasteiger partial charge < -0.3 is 9.64 Å². The number of amides is 1. The average molecular weight is 369 g/mol. The molecular formula is C21H23NO3S. The highest BCUT2D eigenvalue weighted by Gasteiger charge is 2.37. The predicted octanol–water partition coefficient (Wildman–Crippen LogP) is 4.06. The van der Waals surface area contributed by atoms with Gasteiger partial charge in [-0.15, -0.1) is 11.8 Å². The Bertz CT molecular complexity index is 761. The van der Waals surface area contributed by atoms with E-state index in [1.807, 2.05) is 67.8 Å². The summed E-state index contributed by atoms with van der Waals surface area (Å²) >= 11 is 1.67. The first-order valence-electron chi connectivity index (χ1n) is 8.72. The fraction of sp³-hybridized carbons (Fsp3) is 0.333. The number of carbonyl (C=O) groups is 2. The van der Waals surface area contributed by atoms with Gasteiger partial charge in [0.2, 0.25) is 5.91 Å². The third-order valence-corrected chi connectivity index (χ3v) is 5.52. The van der Waals surface area contributed by atoms with Gasteiger partial charge in [0.1, 0.15) is 6.61 Å². The fourth-order valence-electron chi connectivity index (χ4n) is 3.17. The first kappa shape index (κ1) is 18.5. The van der Waals surface area contributed by atoms with Crippen LogP contribution in [0, 0.1) is 5.92 Å². The molecule has 1 aliphatic rings. The number of hydrogen-bond acceptors (Lipinski definition) is 4. The third-order valence-electron chi connectivity index (χ3n) is 4.78. The van der Waals surface area contributed by atoms with Crippen molar-refractivity contribution >= 4 is 23.6 Å². The molecule has 0 saturated carbocycles. The standard InChI is InChI=1S/C21H23NO3S/c1-15(17-6-4-3-5-7-17)22-13-18(12-20(22)23)21(24)25-14-16-8-10-19(26-2)11-9-16/h3-11,15,18H,12-14H2,1-2H3/t15-,18+/m0/s1. The number of benzene rings is 2. The lowest BCUT2D eigenvalue weighted by molar-refractivity contribution is -0.149. The van der Waals surface area contributed by atoms with Gasteiger partial charge in [-0.2, -0.15) is 0 Å². The number of nitrogens with zero attached hydrogens (tertiary/aromatic N) is 1. The predicted molar refractivity (Wildman–Crippen MR) is 103 cm³/mol. The zero-order valence-corrected chi connectivity index (χ0v) is 15.9. The molecule has 0 spiro atoms. The summed E-state index contributed by atoms with van der Waals surface area (Å²) in [5, 5.41) is 0. The molecule has 1 amide bonds. The second kappa shape index (κ2) is 8.41. The number of carbonyl (C=O) groups excluding carboxylic acids is 2. The van der Waals surface area contributed by atoms with Crippen LogP contribution in [-0.4, -0.2) is 29.6 Å². The van der Waals surface area contributed by atoms with E-state index in [0.29, 0.717) is 6.54 Å². The molecular weight excluding hydrogens is 346 g/mol. The molecule has 5 heteroatoms. The van der Waals surface area contributed by atoms with Gasteiger partial charge in [-0.25, -0.2) is 0 Å². The van der Waals surface area contributed by atoms with Gasteiger partial charge in [-0.05, 0) is 36.4 Å². The van der Waals surface area contributed by atoms with Crippen LogP contribution >= 0.6 is 11.8 Å². The van der Waals surface area contributed by atoms with Crippen molar-refractivity contribution in [1.82, 2.24) is 4.90 Å². The third kappa shape index (κ3) is 4.28. The summed E-state index contributed by atoms with van der Waals surface area (Å²) in [5.74, 6) is -0.679. The quantitative estimate of drug-likeness (QED) is 0.569. The minimum atomic E-state index is -0.390. The number of ether oxygens (including phenoxy) is 1. The van der Waals surface area contributed by atoms with E-state index in [0.717, 1.165) is 11.1 Å². The Hall–Kier alpha value is -2.27. The van der Waals surface area contributed by atoms with Crippen molar-refractivity contribution < 1.29 is 14.3 Å². The van der Waals surface area contributed by atoms with Gasteiger partial charge in [-0.3, -0.25) is 9.59 Å². The van der Waals surface area contributed by atoms with Crippen LogP contribution in [0.4, 0.5) is 0 Å². The highest BCUT2D eigenvalue weighted by Crippen LogP contribution is 2.29. The van der Waals surface area contributed by atoms with Gasteiger partial charge in [0.05, 0.1) is 12.0 Å². The highest BCUT2D eigenvalue weighted by atomic mass is 32.2. The molecule has 26 heavy (non-hydrogen) atoms. The molecule has 4 nitrogen and oxygen atoms in total. The molecule has 2 aromatic rings. The summed E-state index contributed by atoms with van der Waals surface area (Å²) in [7, 11) is 0. The number of esters is 1. The van der Waals surface area contributed by atoms with Crippen LogP contribution in [-0.2, 0) is 20.9 Å². The molecule has 0 N–H and O–H groups in total. The Kier molecular flexibility index (Phi) is 5.99. The smallest absolute Gasteiger partial charge is 0.311 e. The van der Waals surface area contributed by atoms with Crippen molar-refractivity contribution in [2.24, 2.45) is 5.92 Å². The molecule has 0 aromatic heterocycles. The highest BCUT2D eigenvalue weighted by molar-refractivity contribution is 7.98. The summed E-state index contributed by atoms with van der Waals surface area (Å²) < 4.78 is 5.44. The van der Waals surface area contributed by atoms with Crippen LogP contribution in [0.15, 0.2) is 59.5 Å². The molecule has 2 atom stereocenters. The normalized spacial score (nSPS) is 18.0. The minimum absolute atomic E-state index is 0.00706. The summed E-state index contributed by atoms with van der Waals surface area (Å²) in [5.41, 5.74) is 2.03. The lowest BCUT2D eigenvalue weighted by atomic mass is 10.1. The van der Waals surface area contributed by atoms with E-state index in [1.165, 1.54) is 4.90 Å². The van der Waals surface area contributed by atoms with E-state index in [-0.39, 0.29) is 36.9 Å². The zero-order chi connectivity index (χ0) is 18.5. The topological polar surface area (TPSA) is 46.6 Å². The Morgan fingerprint density at radius 1 is 1.19 bits per heavy atom. The number of likely N-dealkylation sites (tertiary alicyclic amines) is 1. The molecule has 0 unspecified atom stereocenters. The SMILES string of the molecule is CSc1ccc(COC(=O)[C@@H]2CC(=O)N([C@@H](C)c3ccccc3)C2)cc1. The lowest BCUT2D eigenvalue weighted by Crippen LogP contribution is -2.29. The molecule has 1 aliphatic heterocycles. The number of rotatable bonds is 6. The molecule has 2 aromatic carbocycles. The molecule has 0 bridgehead atoms. The van der Waals surface area contributed by atoms with Crippen molar-refractivity contribution in [2.45, 2.75) is 30.9 Å². The van der Waals surface area contributed by atoms with E-state index < -0.39 is 0 Å². The Morgan fingerprint density at radius 2 is 1.88 bits per heavy atom. The van der Waals surface area contributed by atoms with Crippen LogP contribution in [0.25, 0.3) is 0 Å². The number of hydrogen-bond donors (Lipinski definition) is 0. The molecule has 1 heterocycles. The zero-order valence-electron chi connectivity index (χ0n) is 15.1. The molecule has 0 radical (unpaired) electrons. The van der Waals surface area contributed by atoms with E-state index in [4.69, 9.17) is 4.74 Å². The van der Waals surface area contributed by atoms with Crippen molar-refractivity contribution in [3.63, 3.8) is 0 Å². The molecule has 136 valence electrons. The maximum atomic E-state index is 12.4. The maximum Gasteiger partial charge on any atom is 0.311 e. The van der Waals surface area contributed by atoms with Crippen LogP contribution in [0.1, 0.15) is 30.5 Å². The molecule has 1 saturated heterocycles. The van der Waals surface area contributed by atoms with E-state index in [1.54, 1.807) is 16.7 Å². The van der Waals surface area contributed by atoms with Crippen LogP contribution < -0.4 is 0 Å². The summed E-state index contributed by atoms with van der Waals surface area (Å²) in [6, 6.07) is 17.8. The van der Waals surface area contributed by atoms with Crippen LogP contribution in [0.2, 0.25) is 0 Å². The second-order valence-corrected chi connectivity index (χ2v) is 7.37. The lowest BCUT2D eigenvalue weighted by Gasteiger charge is -2.25.